The van der Waals surface area contributed by atoms with Gasteiger partial charge in [-0.2, -0.15) is 0 Å². The van der Waals surface area contributed by atoms with E-state index >= 15 is 0 Å². The third-order valence-electron chi connectivity index (χ3n) is 5.36. The minimum Gasteiger partial charge on any atom is -0.481 e. The van der Waals surface area contributed by atoms with Gasteiger partial charge >= 0.3 is 12.0 Å². The number of nitrogens with one attached hydrogen (secondary N) is 1. The summed E-state index contributed by atoms with van der Waals surface area (Å²) >= 11 is 0. The van der Waals surface area contributed by atoms with Gasteiger partial charge in [0.15, 0.2) is 0 Å². The van der Waals surface area contributed by atoms with E-state index in [0.29, 0.717) is 38.9 Å². The first-order valence-corrected chi connectivity index (χ1v) is 9.63. The predicted molar refractivity (Wildman–Crippen MR) is 100 cm³/mol. The summed E-state index contributed by atoms with van der Waals surface area (Å²) in [4.78, 5) is 39.7. The van der Waals surface area contributed by atoms with E-state index in [1.54, 1.807) is 4.90 Å². The SMILES string of the molecule is O=C(O)C1CCCN(C(=O)NC2CCCN(C(=O)Cc3ccccc3)C2)C1. The van der Waals surface area contributed by atoms with Crippen LogP contribution in [0.3, 0.4) is 0 Å². The summed E-state index contributed by atoms with van der Waals surface area (Å²) in [7, 11) is 0. The lowest BCUT2D eigenvalue weighted by molar-refractivity contribution is -0.143. The van der Waals surface area contributed by atoms with Crippen LogP contribution in [0.1, 0.15) is 31.2 Å². The Morgan fingerprint density at radius 3 is 2.44 bits per heavy atom. The molecule has 27 heavy (non-hydrogen) atoms. The van der Waals surface area contributed by atoms with Crippen LogP contribution in [0.4, 0.5) is 4.79 Å². The lowest BCUT2D eigenvalue weighted by atomic mass is 9.98. The highest BCUT2D eigenvalue weighted by atomic mass is 16.4. The molecule has 2 N–H and O–H groups in total. The fourth-order valence-corrected chi connectivity index (χ4v) is 3.83. The molecular formula is C20H27N3O4. The summed E-state index contributed by atoms with van der Waals surface area (Å²) in [5, 5.41) is 12.2. The number of amides is 3. The van der Waals surface area contributed by atoms with Gasteiger partial charge in [0.05, 0.1) is 12.3 Å². The van der Waals surface area contributed by atoms with Crippen molar-refractivity contribution < 1.29 is 19.5 Å². The van der Waals surface area contributed by atoms with Gasteiger partial charge in [0.2, 0.25) is 5.91 Å². The maximum absolute atomic E-state index is 12.6. The molecule has 0 bridgehead atoms. The van der Waals surface area contributed by atoms with Gasteiger partial charge in [-0.15, -0.1) is 0 Å². The summed E-state index contributed by atoms with van der Waals surface area (Å²) in [6.45, 7) is 2.06. The molecule has 2 fully saturated rings. The molecule has 2 atom stereocenters. The Bertz CT molecular complexity index is 679. The third kappa shape index (κ3) is 5.21. The Kier molecular flexibility index (Phi) is 6.32. The molecule has 7 nitrogen and oxygen atoms in total. The number of aliphatic carboxylic acids is 1. The number of carbonyl (C=O) groups excluding carboxylic acids is 2. The molecule has 3 amide bonds. The van der Waals surface area contributed by atoms with Crippen molar-refractivity contribution in [2.45, 2.75) is 38.1 Å². The fourth-order valence-electron chi connectivity index (χ4n) is 3.83. The van der Waals surface area contributed by atoms with Gasteiger partial charge in [-0.1, -0.05) is 30.3 Å². The zero-order chi connectivity index (χ0) is 19.2. The molecule has 2 aliphatic rings. The van der Waals surface area contributed by atoms with Gasteiger partial charge in [0.1, 0.15) is 0 Å². The van der Waals surface area contributed by atoms with Crippen LogP contribution in [0.25, 0.3) is 0 Å². The number of carboxylic acids is 1. The normalized spacial score (nSPS) is 23.0. The zero-order valence-electron chi connectivity index (χ0n) is 15.5. The van der Waals surface area contributed by atoms with Crippen LogP contribution in [0.15, 0.2) is 30.3 Å². The molecule has 3 rings (SSSR count). The van der Waals surface area contributed by atoms with E-state index in [0.717, 1.165) is 18.4 Å². The van der Waals surface area contributed by atoms with Gasteiger partial charge < -0.3 is 20.2 Å². The van der Waals surface area contributed by atoms with Gasteiger partial charge in [0.25, 0.3) is 0 Å². The van der Waals surface area contributed by atoms with Crippen LogP contribution in [-0.2, 0) is 16.0 Å². The highest BCUT2D eigenvalue weighted by Crippen LogP contribution is 2.18. The molecule has 0 saturated carbocycles. The molecule has 0 spiro atoms. The molecule has 2 aliphatic heterocycles. The van der Waals surface area contributed by atoms with Crippen LogP contribution in [0.5, 0.6) is 0 Å². The van der Waals surface area contributed by atoms with Gasteiger partial charge in [-0.25, -0.2) is 4.79 Å². The Morgan fingerprint density at radius 2 is 1.70 bits per heavy atom. The number of benzene rings is 1. The zero-order valence-corrected chi connectivity index (χ0v) is 15.5. The summed E-state index contributed by atoms with van der Waals surface area (Å²) in [5.41, 5.74) is 0.988. The molecule has 7 heteroatoms. The highest BCUT2D eigenvalue weighted by Gasteiger charge is 2.30. The summed E-state index contributed by atoms with van der Waals surface area (Å²) in [5.74, 6) is -1.26. The van der Waals surface area contributed by atoms with Crippen LogP contribution in [-0.4, -0.2) is 65.0 Å². The molecule has 0 aromatic heterocycles. The molecule has 2 unspecified atom stereocenters. The lowest BCUT2D eigenvalue weighted by Gasteiger charge is -2.36. The number of carboxylic acid groups (broad SMARTS) is 1. The molecule has 1 aromatic rings. The third-order valence-corrected chi connectivity index (χ3v) is 5.36. The Hall–Kier alpha value is -2.57. The number of rotatable bonds is 4. The van der Waals surface area contributed by atoms with Gasteiger partial charge in [-0.3, -0.25) is 9.59 Å². The first-order valence-electron chi connectivity index (χ1n) is 9.63. The van der Waals surface area contributed by atoms with E-state index in [1.165, 1.54) is 0 Å². The average Bonchev–Trinajstić information content (AvgIpc) is 2.69. The second kappa shape index (κ2) is 8.88. The molecule has 146 valence electrons. The van der Waals surface area contributed by atoms with E-state index in [2.05, 4.69) is 5.32 Å². The minimum atomic E-state index is -0.845. The fraction of sp³-hybridized carbons (Fsp3) is 0.550. The second-order valence-electron chi connectivity index (χ2n) is 7.41. The number of hydrogen-bond acceptors (Lipinski definition) is 3. The molecule has 2 saturated heterocycles. The van der Waals surface area contributed by atoms with E-state index in [1.807, 2.05) is 35.2 Å². The summed E-state index contributed by atoms with van der Waals surface area (Å²) < 4.78 is 0. The monoisotopic (exact) mass is 373 g/mol. The van der Waals surface area contributed by atoms with Crippen molar-refractivity contribution in [1.82, 2.24) is 15.1 Å². The number of carbonyl (C=O) groups is 3. The smallest absolute Gasteiger partial charge is 0.317 e. The van der Waals surface area contributed by atoms with Crippen molar-refractivity contribution in [2.75, 3.05) is 26.2 Å². The predicted octanol–water partition coefficient (Wildman–Crippen LogP) is 1.73. The quantitative estimate of drug-likeness (QED) is 0.841. The first kappa shape index (κ1) is 19.2. The van der Waals surface area contributed by atoms with Crippen molar-refractivity contribution in [2.24, 2.45) is 5.92 Å². The average molecular weight is 373 g/mol. The maximum Gasteiger partial charge on any atom is 0.317 e. The number of urea groups is 1. The number of hydrogen-bond donors (Lipinski definition) is 2. The standard InChI is InChI=1S/C20H27N3O4/c24-18(12-15-6-2-1-3-7-15)22-10-5-9-17(14-22)21-20(27)23-11-4-8-16(13-23)19(25)26/h1-3,6-7,16-17H,4-5,8-14H2,(H,21,27)(H,25,26). The van der Waals surface area contributed by atoms with Crippen LogP contribution < -0.4 is 5.32 Å². The molecule has 1 aromatic carbocycles. The van der Waals surface area contributed by atoms with Crippen molar-refractivity contribution >= 4 is 17.9 Å². The summed E-state index contributed by atoms with van der Waals surface area (Å²) in [6, 6.07) is 9.35. The van der Waals surface area contributed by atoms with Crippen LogP contribution in [0.2, 0.25) is 0 Å². The lowest BCUT2D eigenvalue weighted by Crippen LogP contribution is -2.54. The first-order chi connectivity index (χ1) is 13.0. The van der Waals surface area contributed by atoms with E-state index in [9.17, 15) is 19.5 Å². The number of nitrogens with zero attached hydrogens (tertiary/aromatic N) is 2. The minimum absolute atomic E-state index is 0.0732. The van der Waals surface area contributed by atoms with Crippen molar-refractivity contribution in [3.63, 3.8) is 0 Å². The van der Waals surface area contributed by atoms with Crippen LogP contribution >= 0.6 is 0 Å². The van der Waals surface area contributed by atoms with Crippen molar-refractivity contribution in [1.29, 1.82) is 0 Å². The van der Waals surface area contributed by atoms with Crippen LogP contribution in [0, 0.1) is 5.92 Å². The Labute approximate surface area is 159 Å². The Morgan fingerprint density at radius 1 is 1.00 bits per heavy atom. The maximum atomic E-state index is 12.6. The number of likely N-dealkylation sites (tertiary alicyclic amines) is 2. The topological polar surface area (TPSA) is 89.9 Å². The van der Waals surface area contributed by atoms with Crippen molar-refractivity contribution in [3.8, 4) is 0 Å². The van der Waals surface area contributed by atoms with Gasteiger partial charge in [0, 0.05) is 32.2 Å². The second-order valence-corrected chi connectivity index (χ2v) is 7.41. The van der Waals surface area contributed by atoms with Gasteiger partial charge in [-0.05, 0) is 31.2 Å². The number of piperidine rings is 2. The van der Waals surface area contributed by atoms with E-state index in [4.69, 9.17) is 0 Å². The molecule has 0 radical (unpaired) electrons. The van der Waals surface area contributed by atoms with E-state index < -0.39 is 11.9 Å². The summed E-state index contributed by atoms with van der Waals surface area (Å²) in [6.07, 6.45) is 3.37. The molecule has 0 aliphatic carbocycles. The largest absolute Gasteiger partial charge is 0.481 e. The molecular weight excluding hydrogens is 346 g/mol. The van der Waals surface area contributed by atoms with E-state index in [-0.39, 0.29) is 24.5 Å². The van der Waals surface area contributed by atoms with Crippen molar-refractivity contribution in [3.05, 3.63) is 35.9 Å². The molecule has 2 heterocycles. The highest BCUT2D eigenvalue weighted by molar-refractivity contribution is 5.79. The Balaban J connectivity index is 1.51.